The van der Waals surface area contributed by atoms with E-state index in [0.29, 0.717) is 18.4 Å². The Morgan fingerprint density at radius 1 is 1.06 bits per heavy atom. The Morgan fingerprint density at radius 2 is 1.82 bits per heavy atom. The standard InChI is InChI=1S/C26H27NO6/c1-2-8-22(27-26(30)31-16-17-9-4-3-5-10-17)25(29)32-18-13-14-20-19-11-6-7-12-21(19)24(28)33-23(20)15-18/h3-5,9-10,13-15,22H,2,6-8,11-12,16H2,1H3,(H,27,30). The Hall–Kier alpha value is -3.61. The first-order valence-corrected chi connectivity index (χ1v) is 11.3. The van der Waals surface area contributed by atoms with E-state index in [0.717, 1.165) is 47.8 Å². The monoisotopic (exact) mass is 449 g/mol. The van der Waals surface area contributed by atoms with Crippen molar-refractivity contribution in [3.05, 3.63) is 75.6 Å². The number of hydrogen-bond donors (Lipinski definition) is 1. The van der Waals surface area contributed by atoms with E-state index in [1.54, 1.807) is 12.1 Å². The van der Waals surface area contributed by atoms with Crippen molar-refractivity contribution in [3.63, 3.8) is 0 Å². The fourth-order valence-electron chi connectivity index (χ4n) is 4.12. The number of ether oxygens (including phenoxy) is 2. The second-order valence-electron chi connectivity index (χ2n) is 8.18. The molecule has 0 saturated carbocycles. The molecular weight excluding hydrogens is 422 g/mol. The van der Waals surface area contributed by atoms with Crippen LogP contribution in [0.2, 0.25) is 0 Å². The summed E-state index contributed by atoms with van der Waals surface area (Å²) >= 11 is 0. The minimum atomic E-state index is -0.857. The van der Waals surface area contributed by atoms with Gasteiger partial charge >= 0.3 is 17.7 Å². The predicted octanol–water partition coefficient (Wildman–Crippen LogP) is 4.67. The number of fused-ring (bicyclic) bond motifs is 3. The van der Waals surface area contributed by atoms with Gasteiger partial charge in [-0.2, -0.15) is 0 Å². The lowest BCUT2D eigenvalue weighted by atomic mass is 9.91. The molecule has 7 nitrogen and oxygen atoms in total. The summed E-state index contributed by atoms with van der Waals surface area (Å²) in [4.78, 5) is 37.3. The fraction of sp³-hybridized carbons (Fsp3) is 0.346. The highest BCUT2D eigenvalue weighted by Crippen LogP contribution is 2.29. The van der Waals surface area contributed by atoms with Crippen LogP contribution in [0.15, 0.2) is 57.7 Å². The Labute approximate surface area is 191 Å². The summed E-state index contributed by atoms with van der Waals surface area (Å²) in [6, 6.07) is 13.5. The van der Waals surface area contributed by atoms with Crippen LogP contribution in [0.4, 0.5) is 4.79 Å². The second kappa shape index (κ2) is 10.3. The summed E-state index contributed by atoms with van der Waals surface area (Å²) in [5.41, 5.74) is 2.69. The molecule has 0 bridgehead atoms. The number of carbonyl (C=O) groups is 2. The van der Waals surface area contributed by atoms with E-state index in [1.165, 1.54) is 0 Å². The quantitative estimate of drug-likeness (QED) is 0.320. The first-order valence-electron chi connectivity index (χ1n) is 11.3. The van der Waals surface area contributed by atoms with Gasteiger partial charge in [-0.3, -0.25) is 0 Å². The van der Waals surface area contributed by atoms with Crippen molar-refractivity contribution in [2.45, 2.75) is 58.1 Å². The van der Waals surface area contributed by atoms with E-state index < -0.39 is 18.1 Å². The molecule has 33 heavy (non-hydrogen) atoms. The van der Waals surface area contributed by atoms with Gasteiger partial charge in [0.05, 0.1) is 0 Å². The molecule has 1 N–H and O–H groups in total. The van der Waals surface area contributed by atoms with Gasteiger partial charge < -0.3 is 19.2 Å². The topological polar surface area (TPSA) is 94.8 Å². The molecule has 3 aromatic rings. The van der Waals surface area contributed by atoms with E-state index in [-0.39, 0.29) is 18.0 Å². The van der Waals surface area contributed by atoms with Gasteiger partial charge in [0.1, 0.15) is 24.0 Å². The van der Waals surface area contributed by atoms with E-state index >= 15 is 0 Å². The van der Waals surface area contributed by atoms with Gasteiger partial charge in [-0.15, -0.1) is 0 Å². The maximum Gasteiger partial charge on any atom is 0.408 e. The molecule has 4 rings (SSSR count). The normalized spacial score (nSPS) is 13.7. The molecular formula is C26H27NO6. The Balaban J connectivity index is 1.44. The zero-order chi connectivity index (χ0) is 23.2. The fourth-order valence-corrected chi connectivity index (χ4v) is 4.12. The van der Waals surface area contributed by atoms with Gasteiger partial charge in [0.25, 0.3) is 0 Å². The molecule has 0 aliphatic heterocycles. The van der Waals surface area contributed by atoms with Gasteiger partial charge in [0.2, 0.25) is 0 Å². The summed E-state index contributed by atoms with van der Waals surface area (Å²) in [5, 5.41) is 3.46. The van der Waals surface area contributed by atoms with Gasteiger partial charge in [-0.1, -0.05) is 43.7 Å². The number of aryl methyl sites for hydroxylation is 1. The largest absolute Gasteiger partial charge is 0.445 e. The highest BCUT2D eigenvalue weighted by molar-refractivity contribution is 5.86. The molecule has 1 aliphatic rings. The first-order chi connectivity index (χ1) is 16.0. The van der Waals surface area contributed by atoms with Crippen molar-refractivity contribution >= 4 is 23.0 Å². The average Bonchev–Trinajstić information content (AvgIpc) is 2.83. The van der Waals surface area contributed by atoms with Crippen LogP contribution in [0, 0.1) is 0 Å². The average molecular weight is 450 g/mol. The number of carbonyl (C=O) groups excluding carboxylic acids is 2. The molecule has 0 radical (unpaired) electrons. The van der Waals surface area contributed by atoms with Crippen LogP contribution < -0.4 is 15.7 Å². The minimum Gasteiger partial charge on any atom is -0.445 e. The first kappa shape index (κ1) is 22.6. The van der Waals surface area contributed by atoms with Crippen molar-refractivity contribution in [1.29, 1.82) is 0 Å². The Morgan fingerprint density at radius 3 is 2.58 bits per heavy atom. The molecule has 1 aromatic heterocycles. The van der Waals surface area contributed by atoms with E-state index in [4.69, 9.17) is 13.9 Å². The zero-order valence-corrected chi connectivity index (χ0v) is 18.6. The summed E-state index contributed by atoms with van der Waals surface area (Å²) in [5.74, 6) is -0.347. The van der Waals surface area contributed by atoms with Crippen LogP contribution in [0.5, 0.6) is 5.75 Å². The summed E-state index contributed by atoms with van der Waals surface area (Å²) < 4.78 is 16.2. The lowest BCUT2D eigenvalue weighted by Gasteiger charge is -2.18. The zero-order valence-electron chi connectivity index (χ0n) is 18.6. The maximum absolute atomic E-state index is 12.8. The van der Waals surface area contributed by atoms with Gasteiger partial charge in [0, 0.05) is 17.0 Å². The lowest BCUT2D eigenvalue weighted by molar-refractivity contribution is -0.136. The smallest absolute Gasteiger partial charge is 0.408 e. The Kier molecular flexibility index (Phi) is 7.07. The third kappa shape index (κ3) is 5.42. The van der Waals surface area contributed by atoms with Crippen LogP contribution in [0.3, 0.4) is 0 Å². The van der Waals surface area contributed by atoms with E-state index in [9.17, 15) is 14.4 Å². The summed E-state index contributed by atoms with van der Waals surface area (Å²) in [6.07, 6.45) is 3.96. The number of esters is 1. The highest BCUT2D eigenvalue weighted by atomic mass is 16.6. The van der Waals surface area contributed by atoms with E-state index in [2.05, 4.69) is 5.32 Å². The van der Waals surface area contributed by atoms with Gasteiger partial charge in [-0.05, 0) is 55.4 Å². The second-order valence-corrected chi connectivity index (χ2v) is 8.18. The van der Waals surface area contributed by atoms with Crippen LogP contribution in [-0.4, -0.2) is 18.1 Å². The third-order valence-electron chi connectivity index (χ3n) is 5.78. The molecule has 172 valence electrons. The summed E-state index contributed by atoms with van der Waals surface area (Å²) in [7, 11) is 0. The van der Waals surface area contributed by atoms with Crippen LogP contribution in [0.25, 0.3) is 11.0 Å². The van der Waals surface area contributed by atoms with Crippen molar-refractivity contribution in [2.24, 2.45) is 0 Å². The molecule has 0 saturated heterocycles. The number of nitrogens with one attached hydrogen (secondary N) is 1. The molecule has 2 aromatic carbocycles. The molecule has 1 amide bonds. The van der Waals surface area contributed by atoms with Crippen molar-refractivity contribution in [3.8, 4) is 5.75 Å². The molecule has 0 fully saturated rings. The minimum absolute atomic E-state index is 0.106. The van der Waals surface area contributed by atoms with Crippen LogP contribution >= 0.6 is 0 Å². The van der Waals surface area contributed by atoms with Crippen molar-refractivity contribution in [1.82, 2.24) is 5.32 Å². The molecule has 1 heterocycles. The number of benzene rings is 2. The maximum atomic E-state index is 12.8. The lowest BCUT2D eigenvalue weighted by Crippen LogP contribution is -2.43. The SMILES string of the molecule is CCCC(NC(=O)OCc1ccccc1)C(=O)Oc1ccc2c3c(c(=O)oc2c1)CCCC3. The Bertz CT molecular complexity index is 1200. The van der Waals surface area contributed by atoms with Crippen LogP contribution in [-0.2, 0) is 29.0 Å². The number of rotatable bonds is 7. The van der Waals surface area contributed by atoms with Crippen LogP contribution in [0.1, 0.15) is 49.3 Å². The van der Waals surface area contributed by atoms with Crippen molar-refractivity contribution in [2.75, 3.05) is 0 Å². The highest BCUT2D eigenvalue weighted by Gasteiger charge is 2.24. The summed E-state index contributed by atoms with van der Waals surface area (Å²) in [6.45, 7) is 2.01. The third-order valence-corrected chi connectivity index (χ3v) is 5.78. The molecule has 7 heteroatoms. The molecule has 1 unspecified atom stereocenters. The van der Waals surface area contributed by atoms with Gasteiger partial charge in [-0.25, -0.2) is 14.4 Å². The number of hydrogen-bond acceptors (Lipinski definition) is 6. The van der Waals surface area contributed by atoms with E-state index in [1.807, 2.05) is 43.3 Å². The molecule has 0 spiro atoms. The molecule has 1 atom stereocenters. The number of alkyl carbamates (subject to hydrolysis) is 1. The molecule has 1 aliphatic carbocycles. The predicted molar refractivity (Wildman–Crippen MR) is 123 cm³/mol. The number of amides is 1. The van der Waals surface area contributed by atoms with Crippen molar-refractivity contribution < 1.29 is 23.5 Å². The van der Waals surface area contributed by atoms with Gasteiger partial charge in [0.15, 0.2) is 0 Å².